The maximum atomic E-state index is 12.1. The molecular weight excluding hydrogens is 223 g/mol. The highest BCUT2D eigenvalue weighted by Gasteiger charge is 2.24. The largest absolute Gasteiger partial charge is 0.382 e. The summed E-state index contributed by atoms with van der Waals surface area (Å²) in [7, 11) is 0. The van der Waals surface area contributed by atoms with E-state index in [1.807, 2.05) is 0 Å². The molecule has 0 spiro atoms. The smallest absolute Gasteiger partial charge is 0.268 e. The summed E-state index contributed by atoms with van der Waals surface area (Å²) in [6.07, 6.45) is -2.59. The van der Waals surface area contributed by atoms with Crippen molar-refractivity contribution < 1.29 is 13.9 Å². The molecule has 0 aliphatic heterocycles. The third kappa shape index (κ3) is 2.27. The second kappa shape index (κ2) is 4.17. The standard InChI is InChI=1S/C7H5Cl2F2NO/c8-3-1-12-2-4(9)5(3)6(13)7(10)11/h1-2,6-7,13H. The highest BCUT2D eigenvalue weighted by molar-refractivity contribution is 6.35. The molecule has 0 bridgehead atoms. The van der Waals surface area contributed by atoms with Crippen LogP contribution in [0.3, 0.4) is 0 Å². The Morgan fingerprint density at radius 1 is 1.23 bits per heavy atom. The highest BCUT2D eigenvalue weighted by Crippen LogP contribution is 2.32. The average molecular weight is 228 g/mol. The highest BCUT2D eigenvalue weighted by atomic mass is 35.5. The van der Waals surface area contributed by atoms with Crippen LogP contribution in [-0.4, -0.2) is 16.5 Å². The zero-order valence-corrected chi connectivity index (χ0v) is 7.73. The first-order chi connectivity index (χ1) is 6.04. The molecule has 72 valence electrons. The molecule has 13 heavy (non-hydrogen) atoms. The molecule has 0 saturated heterocycles. The van der Waals surface area contributed by atoms with E-state index in [1.165, 1.54) is 0 Å². The Morgan fingerprint density at radius 2 is 1.69 bits per heavy atom. The minimum atomic E-state index is -2.92. The number of nitrogens with zero attached hydrogens (tertiary/aromatic N) is 1. The van der Waals surface area contributed by atoms with E-state index in [2.05, 4.69) is 4.98 Å². The third-order valence-corrected chi connectivity index (χ3v) is 2.03. The average Bonchev–Trinajstić information content (AvgIpc) is 2.03. The van der Waals surface area contributed by atoms with Crippen molar-refractivity contribution in [1.82, 2.24) is 4.98 Å². The van der Waals surface area contributed by atoms with Crippen LogP contribution in [0.25, 0.3) is 0 Å². The lowest BCUT2D eigenvalue weighted by atomic mass is 10.1. The van der Waals surface area contributed by atoms with Crippen LogP contribution in [0, 0.1) is 0 Å². The van der Waals surface area contributed by atoms with Gasteiger partial charge in [0.1, 0.15) is 6.10 Å². The Labute approximate surface area is 83.1 Å². The Balaban J connectivity index is 3.12. The Hall–Kier alpha value is -0.450. The molecule has 0 aliphatic rings. The summed E-state index contributed by atoms with van der Waals surface area (Å²) in [5, 5.41) is 8.87. The van der Waals surface area contributed by atoms with Gasteiger partial charge in [-0.1, -0.05) is 23.2 Å². The molecule has 1 heterocycles. The molecular formula is C7H5Cl2F2NO. The fourth-order valence-electron chi connectivity index (χ4n) is 0.830. The second-order valence-corrected chi connectivity index (χ2v) is 3.11. The third-order valence-electron chi connectivity index (χ3n) is 1.42. The number of alkyl halides is 2. The van der Waals surface area contributed by atoms with Crippen molar-refractivity contribution in [2.45, 2.75) is 12.5 Å². The SMILES string of the molecule is OC(c1c(Cl)cncc1Cl)C(F)F. The lowest BCUT2D eigenvalue weighted by Crippen LogP contribution is -2.09. The normalized spacial score (nSPS) is 13.4. The van der Waals surface area contributed by atoms with Crippen LogP contribution in [-0.2, 0) is 0 Å². The van der Waals surface area contributed by atoms with Crippen molar-refractivity contribution in [2.24, 2.45) is 0 Å². The molecule has 0 aliphatic carbocycles. The summed E-state index contributed by atoms with van der Waals surface area (Å²) < 4.78 is 24.2. The number of aliphatic hydroxyl groups is 1. The molecule has 6 heteroatoms. The molecule has 1 aromatic rings. The molecule has 1 N–H and O–H groups in total. The number of hydrogen-bond donors (Lipinski definition) is 1. The van der Waals surface area contributed by atoms with Gasteiger partial charge in [-0.3, -0.25) is 4.98 Å². The van der Waals surface area contributed by atoms with Crippen LogP contribution in [0.4, 0.5) is 8.78 Å². The van der Waals surface area contributed by atoms with Gasteiger partial charge in [-0.15, -0.1) is 0 Å². The maximum Gasteiger partial charge on any atom is 0.268 e. The summed E-state index contributed by atoms with van der Waals surface area (Å²) >= 11 is 11.1. The van der Waals surface area contributed by atoms with Crippen molar-refractivity contribution in [2.75, 3.05) is 0 Å². The zero-order chi connectivity index (χ0) is 10.0. The summed E-state index contributed by atoms with van der Waals surface area (Å²) in [6, 6.07) is 0. The molecule has 1 rings (SSSR count). The van der Waals surface area contributed by atoms with E-state index < -0.39 is 12.5 Å². The lowest BCUT2D eigenvalue weighted by molar-refractivity contribution is -0.00571. The summed E-state index contributed by atoms with van der Waals surface area (Å²) in [5.41, 5.74) is -0.187. The van der Waals surface area contributed by atoms with Crippen LogP contribution in [0.1, 0.15) is 11.7 Å². The Bertz CT molecular complexity index is 288. The van der Waals surface area contributed by atoms with Crippen LogP contribution in [0.2, 0.25) is 10.0 Å². The minimum Gasteiger partial charge on any atom is -0.382 e. The number of aromatic nitrogens is 1. The van der Waals surface area contributed by atoms with Gasteiger partial charge in [-0.25, -0.2) is 8.78 Å². The summed E-state index contributed by atoms with van der Waals surface area (Å²) in [4.78, 5) is 3.57. The molecule has 1 aromatic heterocycles. The van der Waals surface area contributed by atoms with Gasteiger partial charge in [-0.2, -0.15) is 0 Å². The summed E-state index contributed by atoms with van der Waals surface area (Å²) in [5.74, 6) is 0. The Kier molecular flexibility index (Phi) is 3.41. The first kappa shape index (κ1) is 10.6. The van der Waals surface area contributed by atoms with Gasteiger partial charge in [-0.05, 0) is 0 Å². The first-order valence-corrected chi connectivity index (χ1v) is 4.04. The van der Waals surface area contributed by atoms with E-state index in [4.69, 9.17) is 28.3 Å². The fourth-order valence-corrected chi connectivity index (χ4v) is 1.42. The van der Waals surface area contributed by atoms with Gasteiger partial charge < -0.3 is 5.11 Å². The molecule has 0 saturated carbocycles. The first-order valence-electron chi connectivity index (χ1n) is 3.29. The van der Waals surface area contributed by atoms with Gasteiger partial charge in [0, 0.05) is 18.0 Å². The Morgan fingerprint density at radius 3 is 2.08 bits per heavy atom. The minimum absolute atomic E-state index is 0.0692. The number of pyridine rings is 1. The van der Waals surface area contributed by atoms with Crippen molar-refractivity contribution in [3.8, 4) is 0 Å². The van der Waals surface area contributed by atoms with E-state index in [-0.39, 0.29) is 15.6 Å². The topological polar surface area (TPSA) is 33.1 Å². The molecule has 0 aromatic carbocycles. The number of hydrogen-bond acceptors (Lipinski definition) is 2. The lowest BCUT2D eigenvalue weighted by Gasteiger charge is -2.12. The molecule has 0 radical (unpaired) electrons. The van der Waals surface area contributed by atoms with Gasteiger partial charge in [0.2, 0.25) is 0 Å². The number of halogens is 4. The summed E-state index contributed by atoms with van der Waals surface area (Å²) in [6.45, 7) is 0. The van der Waals surface area contributed by atoms with Crippen molar-refractivity contribution in [1.29, 1.82) is 0 Å². The van der Waals surface area contributed by atoms with Crippen LogP contribution < -0.4 is 0 Å². The van der Waals surface area contributed by atoms with Gasteiger partial charge in [0.25, 0.3) is 6.43 Å². The van der Waals surface area contributed by atoms with E-state index >= 15 is 0 Å². The van der Waals surface area contributed by atoms with Gasteiger partial charge in [0.15, 0.2) is 0 Å². The fraction of sp³-hybridized carbons (Fsp3) is 0.286. The quantitative estimate of drug-likeness (QED) is 0.843. The molecule has 1 atom stereocenters. The van der Waals surface area contributed by atoms with E-state index in [1.54, 1.807) is 0 Å². The van der Waals surface area contributed by atoms with Crippen LogP contribution >= 0.6 is 23.2 Å². The van der Waals surface area contributed by atoms with Gasteiger partial charge >= 0.3 is 0 Å². The van der Waals surface area contributed by atoms with E-state index in [9.17, 15) is 8.78 Å². The predicted molar refractivity (Wildman–Crippen MR) is 45.2 cm³/mol. The zero-order valence-electron chi connectivity index (χ0n) is 6.22. The second-order valence-electron chi connectivity index (χ2n) is 2.30. The van der Waals surface area contributed by atoms with Crippen LogP contribution in [0.5, 0.6) is 0 Å². The maximum absolute atomic E-state index is 12.1. The van der Waals surface area contributed by atoms with Crippen molar-refractivity contribution in [3.63, 3.8) is 0 Å². The molecule has 0 fully saturated rings. The molecule has 1 unspecified atom stereocenters. The van der Waals surface area contributed by atoms with Crippen molar-refractivity contribution in [3.05, 3.63) is 28.0 Å². The number of rotatable bonds is 2. The molecule has 2 nitrogen and oxygen atoms in total. The number of aliphatic hydroxyl groups excluding tert-OH is 1. The predicted octanol–water partition coefficient (Wildman–Crippen LogP) is 2.69. The van der Waals surface area contributed by atoms with Crippen molar-refractivity contribution >= 4 is 23.2 Å². The molecule has 0 amide bonds. The van der Waals surface area contributed by atoms with E-state index in [0.29, 0.717) is 0 Å². The van der Waals surface area contributed by atoms with Gasteiger partial charge in [0.05, 0.1) is 10.0 Å². The monoisotopic (exact) mass is 227 g/mol. The van der Waals surface area contributed by atoms with Crippen LogP contribution in [0.15, 0.2) is 12.4 Å². The van der Waals surface area contributed by atoms with E-state index in [0.717, 1.165) is 12.4 Å².